The maximum Gasteiger partial charge on any atom is 0.0701 e. The van der Waals surface area contributed by atoms with Crippen LogP contribution in [-0.2, 0) is 6.54 Å². The highest BCUT2D eigenvalue weighted by Crippen LogP contribution is 2.35. The van der Waals surface area contributed by atoms with Crippen molar-refractivity contribution in [1.29, 1.82) is 0 Å². The summed E-state index contributed by atoms with van der Waals surface area (Å²) < 4.78 is 1.23. The summed E-state index contributed by atoms with van der Waals surface area (Å²) in [4.78, 5) is 0. The summed E-state index contributed by atoms with van der Waals surface area (Å²) >= 11 is 5.27. The van der Waals surface area contributed by atoms with Gasteiger partial charge in [0.15, 0.2) is 0 Å². The van der Waals surface area contributed by atoms with Gasteiger partial charge in [-0.15, -0.1) is 11.3 Å². The molecule has 1 aromatic rings. The molecular formula is C12H18BrNS. The molecule has 0 bridgehead atoms. The van der Waals surface area contributed by atoms with Crippen molar-refractivity contribution in [1.82, 2.24) is 5.32 Å². The molecule has 0 aliphatic heterocycles. The van der Waals surface area contributed by atoms with Crippen LogP contribution < -0.4 is 5.32 Å². The fraction of sp³-hybridized carbons (Fsp3) is 0.667. The summed E-state index contributed by atoms with van der Waals surface area (Å²) in [5, 5.41) is 5.92. The molecule has 84 valence electrons. The number of rotatable bonds is 5. The molecule has 0 spiro atoms. The van der Waals surface area contributed by atoms with Gasteiger partial charge in [-0.2, -0.15) is 0 Å². The molecule has 1 N–H and O–H groups in total. The molecule has 1 aliphatic rings. The van der Waals surface area contributed by atoms with Crippen LogP contribution in [0.1, 0.15) is 32.3 Å². The molecule has 1 unspecified atom stereocenters. The summed E-state index contributed by atoms with van der Waals surface area (Å²) in [6.45, 7) is 5.65. The Labute approximate surface area is 104 Å². The van der Waals surface area contributed by atoms with Gasteiger partial charge in [-0.05, 0) is 57.6 Å². The van der Waals surface area contributed by atoms with Gasteiger partial charge in [0.1, 0.15) is 0 Å². The van der Waals surface area contributed by atoms with Crippen molar-refractivity contribution >= 4 is 27.3 Å². The lowest BCUT2D eigenvalue weighted by atomic mass is 9.99. The topological polar surface area (TPSA) is 12.0 Å². The highest BCUT2D eigenvalue weighted by Gasteiger charge is 2.32. The SMILES string of the molecule is CC(C)C(NCc1csc(Br)c1)C1CC1. The van der Waals surface area contributed by atoms with Crippen LogP contribution in [0.15, 0.2) is 15.2 Å². The van der Waals surface area contributed by atoms with E-state index in [0.717, 1.165) is 18.4 Å². The van der Waals surface area contributed by atoms with Crippen molar-refractivity contribution < 1.29 is 0 Å². The lowest BCUT2D eigenvalue weighted by molar-refractivity contribution is 0.359. The zero-order valence-corrected chi connectivity index (χ0v) is 11.7. The standard InChI is InChI=1S/C12H18BrNS/c1-8(2)12(10-3-4-10)14-6-9-5-11(13)15-7-9/h5,7-8,10,12,14H,3-4,6H2,1-2H3. The maximum atomic E-state index is 3.70. The van der Waals surface area contributed by atoms with Gasteiger partial charge >= 0.3 is 0 Å². The minimum absolute atomic E-state index is 0.712. The van der Waals surface area contributed by atoms with Crippen LogP contribution in [0.4, 0.5) is 0 Å². The molecule has 3 heteroatoms. The first-order chi connectivity index (χ1) is 7.16. The third-order valence-electron chi connectivity index (χ3n) is 3.01. The largest absolute Gasteiger partial charge is 0.309 e. The average Bonchev–Trinajstić information content (AvgIpc) is 2.90. The number of nitrogens with one attached hydrogen (secondary N) is 1. The zero-order chi connectivity index (χ0) is 10.8. The average molecular weight is 288 g/mol. The molecule has 1 aromatic heterocycles. The van der Waals surface area contributed by atoms with E-state index < -0.39 is 0 Å². The molecule has 1 heterocycles. The minimum Gasteiger partial charge on any atom is -0.309 e. The molecule has 0 aromatic carbocycles. The van der Waals surface area contributed by atoms with Crippen molar-refractivity contribution in [2.24, 2.45) is 11.8 Å². The summed E-state index contributed by atoms with van der Waals surface area (Å²) in [6.07, 6.45) is 2.84. The maximum absolute atomic E-state index is 3.70. The van der Waals surface area contributed by atoms with E-state index in [4.69, 9.17) is 0 Å². The molecule has 1 aliphatic carbocycles. The predicted octanol–water partition coefficient (Wildman–Crippen LogP) is 4.03. The van der Waals surface area contributed by atoms with Crippen molar-refractivity contribution in [3.63, 3.8) is 0 Å². The lowest BCUT2D eigenvalue weighted by Gasteiger charge is -2.21. The number of hydrogen-bond donors (Lipinski definition) is 1. The second-order valence-electron chi connectivity index (χ2n) is 4.75. The molecule has 15 heavy (non-hydrogen) atoms. The van der Waals surface area contributed by atoms with Crippen molar-refractivity contribution in [3.8, 4) is 0 Å². The normalized spacial score (nSPS) is 18.4. The van der Waals surface area contributed by atoms with Crippen LogP contribution in [0.5, 0.6) is 0 Å². The molecule has 0 amide bonds. The molecule has 1 fully saturated rings. The molecule has 0 radical (unpaired) electrons. The molecule has 0 saturated heterocycles. The fourth-order valence-electron chi connectivity index (χ4n) is 2.08. The summed E-state index contributed by atoms with van der Waals surface area (Å²) in [7, 11) is 0. The van der Waals surface area contributed by atoms with Crippen molar-refractivity contribution in [2.75, 3.05) is 0 Å². The Morgan fingerprint density at radius 3 is 2.73 bits per heavy atom. The Morgan fingerprint density at radius 2 is 2.27 bits per heavy atom. The van der Waals surface area contributed by atoms with E-state index in [1.807, 2.05) is 0 Å². The Morgan fingerprint density at radius 1 is 1.53 bits per heavy atom. The predicted molar refractivity (Wildman–Crippen MR) is 70.2 cm³/mol. The summed E-state index contributed by atoms with van der Waals surface area (Å²) in [6, 6.07) is 2.92. The first-order valence-corrected chi connectivity index (χ1v) is 7.30. The Kier molecular flexibility index (Phi) is 3.86. The van der Waals surface area contributed by atoms with Crippen LogP contribution in [-0.4, -0.2) is 6.04 Å². The molecule has 1 atom stereocenters. The van der Waals surface area contributed by atoms with Crippen LogP contribution >= 0.6 is 27.3 Å². The Balaban J connectivity index is 1.85. The molecule has 1 saturated carbocycles. The van der Waals surface area contributed by atoms with Crippen molar-refractivity contribution in [3.05, 3.63) is 20.8 Å². The van der Waals surface area contributed by atoms with Gasteiger partial charge in [-0.25, -0.2) is 0 Å². The zero-order valence-electron chi connectivity index (χ0n) is 9.29. The van der Waals surface area contributed by atoms with E-state index in [1.54, 1.807) is 11.3 Å². The van der Waals surface area contributed by atoms with Gasteiger partial charge < -0.3 is 5.32 Å². The lowest BCUT2D eigenvalue weighted by Crippen LogP contribution is -2.35. The van der Waals surface area contributed by atoms with Gasteiger partial charge in [-0.3, -0.25) is 0 Å². The molecule has 1 nitrogen and oxygen atoms in total. The van der Waals surface area contributed by atoms with Gasteiger partial charge in [0, 0.05) is 12.6 Å². The molecule has 2 rings (SSSR count). The Bertz CT molecular complexity index is 315. The van der Waals surface area contributed by atoms with E-state index in [1.165, 1.54) is 22.2 Å². The van der Waals surface area contributed by atoms with Gasteiger partial charge in [0.2, 0.25) is 0 Å². The minimum atomic E-state index is 0.712. The van der Waals surface area contributed by atoms with Crippen LogP contribution in [0.3, 0.4) is 0 Å². The van der Waals surface area contributed by atoms with E-state index >= 15 is 0 Å². The second-order valence-corrected chi connectivity index (χ2v) is 7.04. The quantitative estimate of drug-likeness (QED) is 0.862. The number of hydrogen-bond acceptors (Lipinski definition) is 2. The smallest absolute Gasteiger partial charge is 0.0701 e. The highest BCUT2D eigenvalue weighted by molar-refractivity contribution is 9.11. The summed E-state index contributed by atoms with van der Waals surface area (Å²) in [5.74, 6) is 1.69. The first-order valence-electron chi connectivity index (χ1n) is 5.63. The van der Waals surface area contributed by atoms with E-state index in [0.29, 0.717) is 6.04 Å². The summed E-state index contributed by atoms with van der Waals surface area (Å²) in [5.41, 5.74) is 1.40. The van der Waals surface area contributed by atoms with Gasteiger partial charge in [0.05, 0.1) is 3.79 Å². The Hall–Kier alpha value is 0.140. The highest BCUT2D eigenvalue weighted by atomic mass is 79.9. The first kappa shape index (κ1) is 11.6. The third kappa shape index (κ3) is 3.30. The second kappa shape index (κ2) is 4.98. The van der Waals surface area contributed by atoms with Crippen LogP contribution in [0.25, 0.3) is 0 Å². The third-order valence-corrected chi connectivity index (χ3v) is 4.57. The van der Waals surface area contributed by atoms with E-state index in [9.17, 15) is 0 Å². The molecular weight excluding hydrogens is 270 g/mol. The number of thiophene rings is 1. The van der Waals surface area contributed by atoms with Crippen LogP contribution in [0.2, 0.25) is 0 Å². The van der Waals surface area contributed by atoms with Crippen molar-refractivity contribution in [2.45, 2.75) is 39.3 Å². The fourth-order valence-corrected chi connectivity index (χ4v) is 3.29. The number of halogens is 1. The van der Waals surface area contributed by atoms with E-state index in [2.05, 4.69) is 46.5 Å². The van der Waals surface area contributed by atoms with Gasteiger partial charge in [-0.1, -0.05) is 13.8 Å². The van der Waals surface area contributed by atoms with Crippen LogP contribution in [0, 0.1) is 11.8 Å². The van der Waals surface area contributed by atoms with Gasteiger partial charge in [0.25, 0.3) is 0 Å². The van der Waals surface area contributed by atoms with E-state index in [-0.39, 0.29) is 0 Å². The monoisotopic (exact) mass is 287 g/mol.